The first kappa shape index (κ1) is 21.7. The number of amides is 2. The van der Waals surface area contributed by atoms with Crippen LogP contribution in [0.25, 0.3) is 0 Å². The number of carbonyl (C=O) groups is 2. The van der Waals surface area contributed by atoms with Crippen molar-refractivity contribution in [3.8, 4) is 0 Å². The first-order valence-electron chi connectivity index (χ1n) is 9.68. The second kappa shape index (κ2) is 8.61. The number of nitrogens with one attached hydrogen (secondary N) is 3. The molecule has 2 bridgehead atoms. The zero-order valence-electron chi connectivity index (χ0n) is 16.7. The standard InChI is InChI=1S/C21H31N3O2.ClH/c1-13-5-6-17(23-20(26)21(2,3)4)12-18(13)24-19(25)11-14-9-15-7-8-16(10-14)22-15;/h5-6,12,14-16,22H,7-11H2,1-4H3,(H,23,26)(H,24,25);1H. The monoisotopic (exact) mass is 393 g/mol. The molecule has 0 aliphatic carbocycles. The molecule has 150 valence electrons. The number of rotatable bonds is 4. The molecule has 0 spiro atoms. The van der Waals surface area contributed by atoms with Gasteiger partial charge in [0.1, 0.15) is 0 Å². The number of hydrogen-bond donors (Lipinski definition) is 3. The molecule has 0 radical (unpaired) electrons. The highest BCUT2D eigenvalue weighted by Crippen LogP contribution is 2.33. The molecule has 2 saturated heterocycles. The van der Waals surface area contributed by atoms with Gasteiger partial charge >= 0.3 is 0 Å². The summed E-state index contributed by atoms with van der Waals surface area (Å²) in [5, 5.41) is 9.59. The summed E-state index contributed by atoms with van der Waals surface area (Å²) in [5.41, 5.74) is 2.03. The summed E-state index contributed by atoms with van der Waals surface area (Å²) >= 11 is 0. The van der Waals surface area contributed by atoms with E-state index in [-0.39, 0.29) is 24.2 Å². The number of aryl methyl sites for hydroxylation is 1. The van der Waals surface area contributed by atoms with E-state index in [1.165, 1.54) is 12.8 Å². The van der Waals surface area contributed by atoms with E-state index in [4.69, 9.17) is 0 Å². The number of carbonyl (C=O) groups excluding carboxylic acids is 2. The van der Waals surface area contributed by atoms with Crippen LogP contribution in [-0.4, -0.2) is 23.9 Å². The van der Waals surface area contributed by atoms with Crippen molar-refractivity contribution < 1.29 is 9.59 Å². The van der Waals surface area contributed by atoms with Gasteiger partial charge in [0.2, 0.25) is 11.8 Å². The van der Waals surface area contributed by atoms with Crippen molar-refractivity contribution in [2.75, 3.05) is 10.6 Å². The van der Waals surface area contributed by atoms with Crippen LogP contribution < -0.4 is 16.0 Å². The number of hydrogen-bond acceptors (Lipinski definition) is 3. The fraction of sp³-hybridized carbons (Fsp3) is 0.619. The number of piperidine rings is 1. The third kappa shape index (κ3) is 5.69. The zero-order valence-corrected chi connectivity index (χ0v) is 17.5. The predicted molar refractivity (Wildman–Crippen MR) is 112 cm³/mol. The first-order chi connectivity index (χ1) is 12.2. The van der Waals surface area contributed by atoms with Gasteiger partial charge in [-0.2, -0.15) is 0 Å². The summed E-state index contributed by atoms with van der Waals surface area (Å²) in [6.45, 7) is 7.61. The Morgan fingerprint density at radius 2 is 1.74 bits per heavy atom. The minimum absolute atomic E-state index is 0. The van der Waals surface area contributed by atoms with Gasteiger partial charge < -0.3 is 16.0 Å². The Morgan fingerprint density at radius 3 is 2.33 bits per heavy atom. The van der Waals surface area contributed by atoms with E-state index in [0.29, 0.717) is 30.1 Å². The summed E-state index contributed by atoms with van der Waals surface area (Å²) < 4.78 is 0. The molecule has 1 aromatic rings. The highest BCUT2D eigenvalue weighted by Gasteiger charge is 2.34. The average Bonchev–Trinajstić information content (AvgIpc) is 2.88. The molecule has 3 N–H and O–H groups in total. The molecule has 6 heteroatoms. The van der Waals surface area contributed by atoms with Crippen molar-refractivity contribution in [1.82, 2.24) is 5.32 Å². The van der Waals surface area contributed by atoms with E-state index < -0.39 is 5.41 Å². The maximum atomic E-state index is 12.5. The van der Waals surface area contributed by atoms with Crippen LogP contribution in [-0.2, 0) is 9.59 Å². The van der Waals surface area contributed by atoms with Crippen molar-refractivity contribution >= 4 is 35.6 Å². The number of halogens is 1. The molecule has 2 amide bonds. The van der Waals surface area contributed by atoms with Crippen molar-refractivity contribution in [2.45, 2.75) is 71.9 Å². The molecule has 0 saturated carbocycles. The number of anilines is 2. The Morgan fingerprint density at radius 1 is 1.11 bits per heavy atom. The Bertz CT molecular complexity index is 687. The molecule has 2 atom stereocenters. The normalized spacial score (nSPS) is 24.1. The summed E-state index contributed by atoms with van der Waals surface area (Å²) in [4.78, 5) is 24.7. The second-order valence-electron chi connectivity index (χ2n) is 8.96. The lowest BCUT2D eigenvalue weighted by Gasteiger charge is -2.28. The Labute approximate surface area is 168 Å². The van der Waals surface area contributed by atoms with Crippen molar-refractivity contribution in [1.29, 1.82) is 0 Å². The predicted octanol–water partition coefficient (Wildman–Crippen LogP) is 4.26. The van der Waals surface area contributed by atoms with Crippen LogP contribution in [0.3, 0.4) is 0 Å². The third-order valence-corrected chi connectivity index (χ3v) is 5.50. The van der Waals surface area contributed by atoms with Gasteiger partial charge in [-0.05, 0) is 56.2 Å². The van der Waals surface area contributed by atoms with E-state index in [9.17, 15) is 9.59 Å². The molecule has 5 nitrogen and oxygen atoms in total. The number of benzene rings is 1. The number of fused-ring (bicyclic) bond motifs is 2. The molecule has 2 aliphatic rings. The van der Waals surface area contributed by atoms with Gasteiger partial charge in [0, 0.05) is 35.3 Å². The van der Waals surface area contributed by atoms with Gasteiger partial charge in [-0.25, -0.2) is 0 Å². The molecular formula is C21H32ClN3O2. The Balaban J connectivity index is 0.00000261. The van der Waals surface area contributed by atoms with E-state index in [0.717, 1.165) is 24.1 Å². The second-order valence-corrected chi connectivity index (χ2v) is 8.96. The molecular weight excluding hydrogens is 362 g/mol. The van der Waals surface area contributed by atoms with Crippen LogP contribution in [0, 0.1) is 18.3 Å². The van der Waals surface area contributed by atoms with E-state index in [1.54, 1.807) is 0 Å². The topological polar surface area (TPSA) is 70.2 Å². The van der Waals surface area contributed by atoms with Gasteiger partial charge in [-0.15, -0.1) is 12.4 Å². The minimum atomic E-state index is -0.456. The molecule has 2 fully saturated rings. The highest BCUT2D eigenvalue weighted by molar-refractivity contribution is 5.96. The first-order valence-corrected chi connectivity index (χ1v) is 9.68. The van der Waals surface area contributed by atoms with E-state index >= 15 is 0 Å². The van der Waals surface area contributed by atoms with Crippen LogP contribution in [0.1, 0.15) is 58.4 Å². The maximum Gasteiger partial charge on any atom is 0.229 e. The molecule has 2 unspecified atom stereocenters. The van der Waals surface area contributed by atoms with E-state index in [2.05, 4.69) is 16.0 Å². The third-order valence-electron chi connectivity index (χ3n) is 5.50. The minimum Gasteiger partial charge on any atom is -0.326 e. The van der Waals surface area contributed by atoms with Crippen molar-refractivity contribution in [2.24, 2.45) is 11.3 Å². The lowest BCUT2D eigenvalue weighted by atomic mass is 9.89. The van der Waals surface area contributed by atoms with Gasteiger partial charge in [0.05, 0.1) is 0 Å². The van der Waals surface area contributed by atoms with Gasteiger partial charge in [0.15, 0.2) is 0 Å². The largest absolute Gasteiger partial charge is 0.326 e. The summed E-state index contributed by atoms with van der Waals surface area (Å²) in [5.74, 6) is 0.500. The van der Waals surface area contributed by atoms with Gasteiger partial charge in [-0.1, -0.05) is 26.8 Å². The summed E-state index contributed by atoms with van der Waals surface area (Å²) in [6.07, 6.45) is 5.27. The van der Waals surface area contributed by atoms with Gasteiger partial charge in [-0.3, -0.25) is 9.59 Å². The maximum absolute atomic E-state index is 12.5. The molecule has 3 rings (SSSR count). The van der Waals surface area contributed by atoms with E-state index in [1.807, 2.05) is 45.9 Å². The SMILES string of the molecule is Cc1ccc(NC(=O)C(C)(C)C)cc1NC(=O)CC1CC2CCC(C1)N2.Cl. The molecule has 27 heavy (non-hydrogen) atoms. The lowest BCUT2D eigenvalue weighted by molar-refractivity contribution is -0.123. The molecule has 1 aromatic carbocycles. The smallest absolute Gasteiger partial charge is 0.229 e. The zero-order chi connectivity index (χ0) is 18.9. The summed E-state index contributed by atoms with van der Waals surface area (Å²) in [6, 6.07) is 6.86. The molecule has 2 heterocycles. The van der Waals surface area contributed by atoms with Crippen LogP contribution >= 0.6 is 12.4 Å². The fourth-order valence-electron chi connectivity index (χ4n) is 3.96. The van der Waals surface area contributed by atoms with Crippen LogP contribution in [0.2, 0.25) is 0 Å². The summed E-state index contributed by atoms with van der Waals surface area (Å²) in [7, 11) is 0. The van der Waals surface area contributed by atoms with Crippen LogP contribution in [0.5, 0.6) is 0 Å². The Kier molecular flexibility index (Phi) is 6.92. The average molecular weight is 394 g/mol. The molecule has 0 aromatic heterocycles. The molecule has 2 aliphatic heterocycles. The van der Waals surface area contributed by atoms with Crippen molar-refractivity contribution in [3.63, 3.8) is 0 Å². The van der Waals surface area contributed by atoms with Crippen LogP contribution in [0.4, 0.5) is 11.4 Å². The van der Waals surface area contributed by atoms with Gasteiger partial charge in [0.25, 0.3) is 0 Å². The van der Waals surface area contributed by atoms with Crippen LogP contribution in [0.15, 0.2) is 18.2 Å². The highest BCUT2D eigenvalue weighted by atomic mass is 35.5. The fourth-order valence-corrected chi connectivity index (χ4v) is 3.96. The Hall–Kier alpha value is -1.59. The quantitative estimate of drug-likeness (QED) is 0.715. The van der Waals surface area contributed by atoms with Crippen molar-refractivity contribution in [3.05, 3.63) is 23.8 Å². The lowest BCUT2D eigenvalue weighted by Crippen LogP contribution is -2.39.